The van der Waals surface area contributed by atoms with Gasteiger partial charge in [-0.15, -0.1) is 0 Å². The highest BCUT2D eigenvalue weighted by atomic mass is 16.5. The van der Waals surface area contributed by atoms with Crippen molar-refractivity contribution in [3.8, 4) is 5.88 Å². The van der Waals surface area contributed by atoms with Gasteiger partial charge in [0.2, 0.25) is 5.88 Å². The summed E-state index contributed by atoms with van der Waals surface area (Å²) in [5, 5.41) is 3.52. The molecule has 0 radical (unpaired) electrons. The fraction of sp³-hybridized carbons (Fsp3) is 0.643. The maximum atomic E-state index is 5.35. The normalized spacial score (nSPS) is 18.2. The van der Waals surface area contributed by atoms with E-state index in [1.807, 2.05) is 18.3 Å². The molecule has 0 saturated carbocycles. The first kappa shape index (κ1) is 14.2. The molecule has 1 atom stereocenters. The zero-order valence-electron chi connectivity index (χ0n) is 11.8. The molecule has 1 saturated heterocycles. The Labute approximate surface area is 114 Å². The molecule has 5 heteroatoms. The molecule has 0 aromatic carbocycles. The second kappa shape index (κ2) is 7.43. The van der Waals surface area contributed by atoms with Crippen LogP contribution in [0.25, 0.3) is 0 Å². The second-order valence-corrected chi connectivity index (χ2v) is 4.90. The highest BCUT2D eigenvalue weighted by molar-refractivity contribution is 5.17. The first-order valence-corrected chi connectivity index (χ1v) is 6.80. The van der Waals surface area contributed by atoms with Crippen LogP contribution in [0.1, 0.15) is 12.5 Å². The van der Waals surface area contributed by atoms with Gasteiger partial charge in [-0.2, -0.15) is 0 Å². The van der Waals surface area contributed by atoms with Crippen molar-refractivity contribution in [2.24, 2.45) is 0 Å². The van der Waals surface area contributed by atoms with E-state index >= 15 is 0 Å². The third kappa shape index (κ3) is 4.78. The van der Waals surface area contributed by atoms with E-state index in [4.69, 9.17) is 9.47 Å². The number of morpholine rings is 1. The Kier molecular flexibility index (Phi) is 5.57. The lowest BCUT2D eigenvalue weighted by molar-refractivity contribution is 0.0343. The first-order valence-electron chi connectivity index (χ1n) is 6.80. The third-order valence-electron chi connectivity index (χ3n) is 3.30. The van der Waals surface area contributed by atoms with Crippen LogP contribution in [0, 0.1) is 0 Å². The van der Waals surface area contributed by atoms with Gasteiger partial charge in [-0.05, 0) is 12.5 Å². The van der Waals surface area contributed by atoms with Crippen LogP contribution >= 0.6 is 0 Å². The summed E-state index contributed by atoms with van der Waals surface area (Å²) < 4.78 is 10.4. The largest absolute Gasteiger partial charge is 0.481 e. The van der Waals surface area contributed by atoms with Gasteiger partial charge >= 0.3 is 0 Å². The average Bonchev–Trinajstić information content (AvgIpc) is 2.47. The number of pyridine rings is 1. The van der Waals surface area contributed by atoms with Crippen molar-refractivity contribution < 1.29 is 9.47 Å². The van der Waals surface area contributed by atoms with Crippen molar-refractivity contribution in [2.45, 2.75) is 19.5 Å². The Bertz CT molecular complexity index is 363. The summed E-state index contributed by atoms with van der Waals surface area (Å²) in [6.07, 6.45) is 1.85. The van der Waals surface area contributed by atoms with E-state index in [2.05, 4.69) is 22.1 Å². The van der Waals surface area contributed by atoms with Gasteiger partial charge in [-0.3, -0.25) is 4.90 Å². The van der Waals surface area contributed by atoms with Gasteiger partial charge < -0.3 is 14.8 Å². The first-order chi connectivity index (χ1) is 9.28. The minimum Gasteiger partial charge on any atom is -0.481 e. The monoisotopic (exact) mass is 265 g/mol. The van der Waals surface area contributed by atoms with E-state index < -0.39 is 0 Å². The van der Waals surface area contributed by atoms with Gasteiger partial charge in [0, 0.05) is 44.5 Å². The molecular formula is C14H23N3O2. The molecule has 1 aromatic rings. The Balaban J connectivity index is 1.71. The van der Waals surface area contributed by atoms with Crippen molar-refractivity contribution in [1.82, 2.24) is 15.2 Å². The van der Waals surface area contributed by atoms with Crippen molar-refractivity contribution in [1.29, 1.82) is 0 Å². The molecule has 1 fully saturated rings. The summed E-state index contributed by atoms with van der Waals surface area (Å²) >= 11 is 0. The zero-order chi connectivity index (χ0) is 13.5. The fourth-order valence-electron chi connectivity index (χ4n) is 2.16. The second-order valence-electron chi connectivity index (χ2n) is 4.90. The predicted molar refractivity (Wildman–Crippen MR) is 74.3 cm³/mol. The number of hydrogen-bond acceptors (Lipinski definition) is 5. The minimum absolute atomic E-state index is 0.459. The summed E-state index contributed by atoms with van der Waals surface area (Å²) in [6, 6.07) is 4.39. The summed E-state index contributed by atoms with van der Waals surface area (Å²) in [4.78, 5) is 6.64. The Morgan fingerprint density at radius 2 is 2.21 bits per heavy atom. The molecule has 0 aliphatic carbocycles. The Morgan fingerprint density at radius 3 is 2.84 bits per heavy atom. The zero-order valence-corrected chi connectivity index (χ0v) is 11.8. The van der Waals surface area contributed by atoms with Crippen LogP contribution in [0.3, 0.4) is 0 Å². The number of methoxy groups -OCH3 is 1. The van der Waals surface area contributed by atoms with E-state index in [9.17, 15) is 0 Å². The molecule has 0 spiro atoms. The molecule has 2 heterocycles. The van der Waals surface area contributed by atoms with Gasteiger partial charge in [0.05, 0.1) is 20.3 Å². The maximum absolute atomic E-state index is 5.35. The van der Waals surface area contributed by atoms with Crippen LogP contribution in [0.15, 0.2) is 18.3 Å². The molecule has 1 unspecified atom stereocenters. The van der Waals surface area contributed by atoms with Crippen LogP contribution in [0.4, 0.5) is 0 Å². The van der Waals surface area contributed by atoms with Crippen LogP contribution in [-0.4, -0.2) is 55.9 Å². The lowest BCUT2D eigenvalue weighted by atomic mass is 10.2. The predicted octanol–water partition coefficient (Wildman–Crippen LogP) is 0.900. The summed E-state index contributed by atoms with van der Waals surface area (Å²) in [7, 11) is 1.63. The molecule has 0 bridgehead atoms. The highest BCUT2D eigenvalue weighted by Crippen LogP contribution is 2.06. The Morgan fingerprint density at radius 1 is 1.42 bits per heavy atom. The van der Waals surface area contributed by atoms with E-state index in [1.165, 1.54) is 5.56 Å². The number of hydrogen-bond donors (Lipinski definition) is 1. The molecule has 0 amide bonds. The maximum Gasteiger partial charge on any atom is 0.212 e. The molecular weight excluding hydrogens is 242 g/mol. The lowest BCUT2D eigenvalue weighted by Gasteiger charge is -2.29. The lowest BCUT2D eigenvalue weighted by Crippen LogP contribution is -2.44. The van der Waals surface area contributed by atoms with Gasteiger partial charge in [-0.25, -0.2) is 4.98 Å². The summed E-state index contributed by atoms with van der Waals surface area (Å²) in [6.45, 7) is 7.90. The molecule has 1 aliphatic heterocycles. The van der Waals surface area contributed by atoms with Crippen LogP contribution < -0.4 is 10.1 Å². The topological polar surface area (TPSA) is 46.6 Å². The van der Waals surface area contributed by atoms with Gasteiger partial charge in [0.25, 0.3) is 0 Å². The molecule has 5 nitrogen and oxygen atoms in total. The SMILES string of the molecule is COc1ccc(CNC(C)CN2CCOCC2)cn1. The quantitative estimate of drug-likeness (QED) is 0.828. The van der Waals surface area contributed by atoms with E-state index in [1.54, 1.807) is 7.11 Å². The standard InChI is InChI=1S/C14H23N3O2/c1-12(11-17-5-7-19-8-6-17)15-9-13-3-4-14(18-2)16-10-13/h3-4,10,12,15H,5-9,11H2,1-2H3. The molecule has 1 aromatic heterocycles. The number of ether oxygens (including phenoxy) is 2. The summed E-state index contributed by atoms with van der Waals surface area (Å²) in [5.74, 6) is 0.658. The van der Waals surface area contributed by atoms with Crippen LogP contribution in [0.2, 0.25) is 0 Å². The van der Waals surface area contributed by atoms with Crippen molar-refractivity contribution in [2.75, 3.05) is 40.0 Å². The van der Waals surface area contributed by atoms with E-state index in [0.717, 1.165) is 39.4 Å². The van der Waals surface area contributed by atoms with Gasteiger partial charge in [0.1, 0.15) is 0 Å². The smallest absolute Gasteiger partial charge is 0.212 e. The molecule has 19 heavy (non-hydrogen) atoms. The van der Waals surface area contributed by atoms with Crippen molar-refractivity contribution in [3.63, 3.8) is 0 Å². The number of nitrogens with zero attached hydrogens (tertiary/aromatic N) is 2. The van der Waals surface area contributed by atoms with Gasteiger partial charge in [0.15, 0.2) is 0 Å². The van der Waals surface area contributed by atoms with Crippen molar-refractivity contribution in [3.05, 3.63) is 23.9 Å². The summed E-state index contributed by atoms with van der Waals surface area (Å²) in [5.41, 5.74) is 1.18. The van der Waals surface area contributed by atoms with Crippen LogP contribution in [0.5, 0.6) is 5.88 Å². The van der Waals surface area contributed by atoms with E-state index in [0.29, 0.717) is 11.9 Å². The van der Waals surface area contributed by atoms with E-state index in [-0.39, 0.29) is 0 Å². The van der Waals surface area contributed by atoms with Gasteiger partial charge in [-0.1, -0.05) is 6.07 Å². The van der Waals surface area contributed by atoms with Crippen LogP contribution in [-0.2, 0) is 11.3 Å². The third-order valence-corrected chi connectivity index (χ3v) is 3.30. The Hall–Kier alpha value is -1.17. The number of aromatic nitrogens is 1. The minimum atomic E-state index is 0.459. The molecule has 2 rings (SSSR count). The number of nitrogens with one attached hydrogen (secondary N) is 1. The fourth-order valence-corrected chi connectivity index (χ4v) is 2.16. The highest BCUT2D eigenvalue weighted by Gasteiger charge is 2.13. The molecule has 1 aliphatic rings. The van der Waals surface area contributed by atoms with Crippen molar-refractivity contribution >= 4 is 0 Å². The number of rotatable bonds is 6. The average molecular weight is 265 g/mol. The molecule has 1 N–H and O–H groups in total. The molecule has 106 valence electrons.